The number of hydrogen-bond donors (Lipinski definition) is 2. The number of hydrogen-bond acceptors (Lipinski definition) is 7. The number of anilines is 3. The largest absolute Gasteiger partial charge is 0.393 e. The van der Waals surface area contributed by atoms with Gasteiger partial charge in [0, 0.05) is 37.1 Å². The summed E-state index contributed by atoms with van der Waals surface area (Å²) in [7, 11) is 0. The number of rotatable bonds is 5. The molecule has 3 heterocycles. The van der Waals surface area contributed by atoms with E-state index < -0.39 is 5.41 Å². The van der Waals surface area contributed by atoms with Gasteiger partial charge in [-0.15, -0.1) is 0 Å². The summed E-state index contributed by atoms with van der Waals surface area (Å²) >= 11 is 0. The molecule has 0 unspecified atom stereocenters. The summed E-state index contributed by atoms with van der Waals surface area (Å²) in [5.41, 5.74) is 0.393. The van der Waals surface area contributed by atoms with Gasteiger partial charge in [0.15, 0.2) is 0 Å². The van der Waals surface area contributed by atoms with Crippen LogP contribution in [0, 0.1) is 22.7 Å². The second-order valence-corrected chi connectivity index (χ2v) is 9.03. The fraction of sp³-hybridized carbons (Fsp3) is 0.458. The highest BCUT2D eigenvalue weighted by Gasteiger charge is 2.57. The maximum atomic E-state index is 13.0. The first kappa shape index (κ1) is 21.3. The molecule has 1 aliphatic carbocycles. The lowest BCUT2D eigenvalue weighted by Crippen LogP contribution is -2.40. The number of likely N-dealkylation sites (tertiary alicyclic amines) is 1. The van der Waals surface area contributed by atoms with Gasteiger partial charge in [0.25, 0.3) is 5.91 Å². The molecule has 0 bridgehead atoms. The Bertz CT molecular complexity index is 1100. The van der Waals surface area contributed by atoms with Crippen molar-refractivity contribution in [2.24, 2.45) is 11.3 Å². The Morgan fingerprint density at radius 2 is 1.85 bits per heavy atom. The van der Waals surface area contributed by atoms with Gasteiger partial charge in [0.1, 0.15) is 11.2 Å². The highest BCUT2D eigenvalue weighted by Crippen LogP contribution is 2.51. The summed E-state index contributed by atoms with van der Waals surface area (Å²) in [5.74, 6) is 0.774. The van der Waals surface area contributed by atoms with Crippen LogP contribution in [0.5, 0.6) is 0 Å². The standard InChI is InChI=1S/C24H26N6O3/c25-15-24(17-3-4-17)10-14-30(22(24)33)20-7-11-26-23(28-20)27-18-5-1-16(2-6-18)21(32)29-12-8-19(31)9-13-29/h1-2,5-7,11,17,19,31H,3-4,8-10,12-14H2,(H,26,27,28)/t24-/m1/s1. The minimum atomic E-state index is -0.909. The Balaban J connectivity index is 1.26. The summed E-state index contributed by atoms with van der Waals surface area (Å²) in [6.45, 7) is 1.59. The fourth-order valence-corrected chi connectivity index (χ4v) is 4.74. The molecule has 2 N–H and O–H groups in total. The summed E-state index contributed by atoms with van der Waals surface area (Å²) in [5, 5.41) is 22.4. The van der Waals surface area contributed by atoms with Crippen molar-refractivity contribution >= 4 is 29.3 Å². The van der Waals surface area contributed by atoms with Crippen LogP contribution in [0.4, 0.5) is 17.5 Å². The average Bonchev–Trinajstić information content (AvgIpc) is 3.63. The van der Waals surface area contributed by atoms with E-state index in [0.717, 1.165) is 18.5 Å². The van der Waals surface area contributed by atoms with Crippen LogP contribution in [0.1, 0.15) is 42.5 Å². The van der Waals surface area contributed by atoms with Gasteiger partial charge in [-0.3, -0.25) is 14.5 Å². The lowest BCUT2D eigenvalue weighted by Gasteiger charge is -2.29. The first-order chi connectivity index (χ1) is 16.0. The van der Waals surface area contributed by atoms with Crippen LogP contribution in [0.3, 0.4) is 0 Å². The molecule has 5 rings (SSSR count). The van der Waals surface area contributed by atoms with Crippen LogP contribution in [0.15, 0.2) is 36.5 Å². The average molecular weight is 447 g/mol. The van der Waals surface area contributed by atoms with E-state index in [1.54, 1.807) is 46.3 Å². The van der Waals surface area contributed by atoms with E-state index in [2.05, 4.69) is 21.4 Å². The number of carbonyl (C=O) groups is 2. The zero-order chi connectivity index (χ0) is 23.0. The third-order valence-electron chi connectivity index (χ3n) is 6.89. The predicted molar refractivity (Wildman–Crippen MR) is 121 cm³/mol. The van der Waals surface area contributed by atoms with E-state index in [9.17, 15) is 20.0 Å². The van der Waals surface area contributed by atoms with Crippen molar-refractivity contribution in [1.82, 2.24) is 14.9 Å². The third-order valence-corrected chi connectivity index (χ3v) is 6.89. The Morgan fingerprint density at radius 3 is 2.52 bits per heavy atom. The smallest absolute Gasteiger partial charge is 0.253 e. The van der Waals surface area contributed by atoms with Crippen LogP contribution in [-0.4, -0.2) is 57.5 Å². The maximum absolute atomic E-state index is 13.0. The molecule has 9 heteroatoms. The van der Waals surface area contributed by atoms with Crippen LogP contribution in [0.2, 0.25) is 0 Å². The van der Waals surface area contributed by atoms with Gasteiger partial charge in [-0.2, -0.15) is 10.2 Å². The van der Waals surface area contributed by atoms with Gasteiger partial charge in [-0.1, -0.05) is 0 Å². The molecule has 170 valence electrons. The Hall–Kier alpha value is -3.51. The normalized spacial score (nSPS) is 23.5. The highest BCUT2D eigenvalue weighted by molar-refractivity contribution is 6.01. The molecule has 2 aromatic rings. The number of carbonyl (C=O) groups excluding carboxylic acids is 2. The van der Waals surface area contributed by atoms with Crippen molar-refractivity contribution in [3.63, 3.8) is 0 Å². The van der Waals surface area contributed by atoms with Crippen LogP contribution < -0.4 is 10.2 Å². The van der Waals surface area contributed by atoms with Crippen molar-refractivity contribution in [2.45, 2.75) is 38.2 Å². The van der Waals surface area contributed by atoms with Crippen LogP contribution in [-0.2, 0) is 4.79 Å². The minimum absolute atomic E-state index is 0.0455. The number of amides is 2. The summed E-state index contributed by atoms with van der Waals surface area (Å²) in [6, 6.07) is 11.0. The van der Waals surface area contributed by atoms with Crippen LogP contribution in [0.25, 0.3) is 0 Å². The zero-order valence-electron chi connectivity index (χ0n) is 18.3. The molecule has 2 amide bonds. The van der Waals surface area contributed by atoms with Crippen molar-refractivity contribution in [2.75, 3.05) is 29.9 Å². The quantitative estimate of drug-likeness (QED) is 0.723. The molecule has 1 aromatic carbocycles. The second-order valence-electron chi connectivity index (χ2n) is 9.03. The molecular formula is C24H26N6O3. The number of nitriles is 1. The van der Waals surface area contributed by atoms with Gasteiger partial charge in [-0.05, 0) is 68.4 Å². The number of aliphatic hydroxyl groups excluding tert-OH is 1. The van der Waals surface area contributed by atoms with Gasteiger partial charge in [-0.25, -0.2) is 4.98 Å². The van der Waals surface area contributed by atoms with E-state index in [0.29, 0.717) is 56.2 Å². The Kier molecular flexibility index (Phi) is 5.46. The topological polar surface area (TPSA) is 122 Å². The highest BCUT2D eigenvalue weighted by atomic mass is 16.3. The molecule has 1 saturated carbocycles. The molecule has 33 heavy (non-hydrogen) atoms. The lowest BCUT2D eigenvalue weighted by atomic mass is 9.83. The number of piperidine rings is 1. The number of nitrogens with one attached hydrogen (secondary N) is 1. The molecule has 2 aliphatic heterocycles. The van der Waals surface area contributed by atoms with Gasteiger partial charge >= 0.3 is 0 Å². The first-order valence-electron chi connectivity index (χ1n) is 11.4. The number of benzene rings is 1. The number of aromatic nitrogens is 2. The predicted octanol–water partition coefficient (Wildman–Crippen LogP) is 2.47. The first-order valence-corrected chi connectivity index (χ1v) is 11.4. The van der Waals surface area contributed by atoms with Gasteiger partial charge in [0.05, 0.1) is 12.2 Å². The molecule has 3 aliphatic rings. The lowest BCUT2D eigenvalue weighted by molar-refractivity contribution is -0.123. The molecular weight excluding hydrogens is 420 g/mol. The van der Waals surface area contributed by atoms with E-state index in [1.807, 2.05) is 0 Å². The van der Waals surface area contributed by atoms with E-state index in [1.165, 1.54) is 0 Å². The summed E-state index contributed by atoms with van der Waals surface area (Å²) in [4.78, 5) is 37.8. The minimum Gasteiger partial charge on any atom is -0.393 e. The summed E-state index contributed by atoms with van der Waals surface area (Å²) < 4.78 is 0. The SMILES string of the molecule is N#C[C@@]1(C2CC2)CCN(c2ccnc(Nc3ccc(C(=O)N4CCC(O)CC4)cc3)n2)C1=O. The zero-order valence-corrected chi connectivity index (χ0v) is 18.3. The van der Waals surface area contributed by atoms with Gasteiger partial charge < -0.3 is 15.3 Å². The molecule has 2 saturated heterocycles. The Morgan fingerprint density at radius 1 is 1.12 bits per heavy atom. The van der Waals surface area contributed by atoms with E-state index >= 15 is 0 Å². The van der Waals surface area contributed by atoms with E-state index in [4.69, 9.17) is 0 Å². The van der Waals surface area contributed by atoms with Crippen molar-refractivity contribution in [1.29, 1.82) is 5.26 Å². The van der Waals surface area contributed by atoms with Crippen molar-refractivity contribution in [3.8, 4) is 6.07 Å². The Labute approximate surface area is 192 Å². The van der Waals surface area contributed by atoms with E-state index in [-0.39, 0.29) is 23.8 Å². The molecule has 0 radical (unpaired) electrons. The number of nitrogens with zero attached hydrogens (tertiary/aromatic N) is 5. The monoisotopic (exact) mass is 446 g/mol. The van der Waals surface area contributed by atoms with Crippen LogP contribution >= 0.6 is 0 Å². The summed E-state index contributed by atoms with van der Waals surface area (Å²) in [6.07, 6.45) is 4.88. The molecule has 1 aromatic heterocycles. The maximum Gasteiger partial charge on any atom is 0.253 e. The molecule has 1 atom stereocenters. The second kappa shape index (κ2) is 8.45. The van der Waals surface area contributed by atoms with Gasteiger partial charge in [0.2, 0.25) is 11.9 Å². The molecule has 9 nitrogen and oxygen atoms in total. The fourth-order valence-electron chi connectivity index (χ4n) is 4.74. The molecule has 3 fully saturated rings. The third kappa shape index (κ3) is 4.02. The number of aliphatic hydroxyl groups is 1. The van der Waals surface area contributed by atoms with Crippen molar-refractivity contribution in [3.05, 3.63) is 42.1 Å². The van der Waals surface area contributed by atoms with Crippen molar-refractivity contribution < 1.29 is 14.7 Å². The molecule has 0 spiro atoms.